The molecule has 7 nitrogen and oxygen atoms in total. The Morgan fingerprint density at radius 2 is 1.85 bits per heavy atom. The minimum absolute atomic E-state index is 0.0644. The van der Waals surface area contributed by atoms with Crippen molar-refractivity contribution in [3.63, 3.8) is 0 Å². The van der Waals surface area contributed by atoms with Crippen LogP contribution in [0.2, 0.25) is 0 Å². The molecule has 0 saturated heterocycles. The van der Waals surface area contributed by atoms with Crippen LogP contribution in [0.4, 0.5) is 13.2 Å². The maximum absolute atomic E-state index is 12.5. The molecule has 146 valence electrons. The van der Waals surface area contributed by atoms with Crippen molar-refractivity contribution in [2.75, 3.05) is 13.2 Å². The molecule has 1 amide bonds. The van der Waals surface area contributed by atoms with Crippen LogP contribution in [-0.4, -0.2) is 39.0 Å². The van der Waals surface area contributed by atoms with Crippen LogP contribution in [0.1, 0.15) is 41.5 Å². The van der Waals surface area contributed by atoms with Crippen molar-refractivity contribution in [3.05, 3.63) is 29.3 Å². The van der Waals surface area contributed by atoms with Crippen LogP contribution in [0, 0.1) is 5.92 Å². The first kappa shape index (κ1) is 21.7. The third-order valence-corrected chi connectivity index (χ3v) is 3.86. The van der Waals surface area contributed by atoms with Gasteiger partial charge in [0.25, 0.3) is 5.91 Å². The van der Waals surface area contributed by atoms with Gasteiger partial charge in [-0.05, 0) is 31.0 Å². The van der Waals surface area contributed by atoms with Gasteiger partial charge < -0.3 is 14.2 Å². The van der Waals surface area contributed by atoms with E-state index in [4.69, 9.17) is 0 Å². The summed E-state index contributed by atoms with van der Waals surface area (Å²) < 4.78 is 68.5. The predicted molar refractivity (Wildman–Crippen MR) is 85.2 cm³/mol. The van der Waals surface area contributed by atoms with E-state index in [1.54, 1.807) is 0 Å². The number of carbonyl (C=O) groups excluding carboxylic acids is 2. The minimum Gasteiger partial charge on any atom is -0.462 e. The maximum Gasteiger partial charge on any atom is 0.534 e. The second-order valence-corrected chi connectivity index (χ2v) is 7.06. The number of hydrogen-bond acceptors (Lipinski definition) is 6. The Morgan fingerprint density at radius 3 is 2.35 bits per heavy atom. The van der Waals surface area contributed by atoms with Gasteiger partial charge in [-0.15, -0.1) is 0 Å². The van der Waals surface area contributed by atoms with Gasteiger partial charge in [-0.2, -0.15) is 21.6 Å². The molecular weight excluding hydrogens is 379 g/mol. The zero-order chi connectivity index (χ0) is 20.1. The first-order chi connectivity index (χ1) is 11.9. The van der Waals surface area contributed by atoms with Gasteiger partial charge in [0.1, 0.15) is 5.56 Å². The number of nitrogens with one attached hydrogen (secondary N) is 1. The number of hydrogen-bond donors (Lipinski definition) is 1. The van der Waals surface area contributed by atoms with Crippen LogP contribution in [0.15, 0.2) is 18.2 Å². The van der Waals surface area contributed by atoms with Gasteiger partial charge >= 0.3 is 21.6 Å². The van der Waals surface area contributed by atoms with E-state index in [0.717, 1.165) is 18.2 Å². The van der Waals surface area contributed by atoms with Crippen molar-refractivity contribution in [2.45, 2.75) is 26.3 Å². The molecule has 0 heterocycles. The highest BCUT2D eigenvalue weighted by Gasteiger charge is 2.49. The molecule has 0 radical (unpaired) electrons. The van der Waals surface area contributed by atoms with E-state index in [0.29, 0.717) is 6.54 Å². The quantitative estimate of drug-likeness (QED) is 0.431. The highest BCUT2D eigenvalue weighted by atomic mass is 32.2. The fraction of sp³-hybridized carbons (Fsp3) is 0.467. The Labute approximate surface area is 148 Å². The van der Waals surface area contributed by atoms with Crippen LogP contribution in [0.5, 0.6) is 5.75 Å². The Morgan fingerprint density at radius 1 is 1.23 bits per heavy atom. The highest BCUT2D eigenvalue weighted by molar-refractivity contribution is 7.88. The van der Waals surface area contributed by atoms with Crippen molar-refractivity contribution in [3.8, 4) is 5.75 Å². The predicted octanol–water partition coefficient (Wildman–Crippen LogP) is 2.48. The normalized spacial score (nSPS) is 12.0. The molecule has 0 aliphatic heterocycles. The molecule has 0 bridgehead atoms. The van der Waals surface area contributed by atoms with E-state index < -0.39 is 38.8 Å². The van der Waals surface area contributed by atoms with Crippen LogP contribution >= 0.6 is 0 Å². The number of esters is 1. The number of alkyl halides is 3. The number of carbonyl (C=O) groups is 2. The summed E-state index contributed by atoms with van der Waals surface area (Å²) in [6.45, 7) is 5.36. The third kappa shape index (κ3) is 5.61. The fourth-order valence-corrected chi connectivity index (χ4v) is 2.15. The zero-order valence-corrected chi connectivity index (χ0v) is 15.0. The second-order valence-electron chi connectivity index (χ2n) is 5.52. The summed E-state index contributed by atoms with van der Waals surface area (Å²) in [4.78, 5) is 24.0. The first-order valence-corrected chi connectivity index (χ1v) is 8.90. The molecule has 1 aromatic carbocycles. The minimum atomic E-state index is -5.98. The topological polar surface area (TPSA) is 98.8 Å². The number of rotatable bonds is 7. The molecule has 1 aromatic rings. The molecule has 0 aromatic heterocycles. The lowest BCUT2D eigenvalue weighted by Crippen LogP contribution is -2.29. The molecule has 1 N–H and O–H groups in total. The van der Waals surface area contributed by atoms with Crippen molar-refractivity contribution in [1.82, 2.24) is 5.32 Å². The number of ether oxygens (including phenoxy) is 1. The summed E-state index contributed by atoms with van der Waals surface area (Å²) in [5.41, 5.74) is -6.35. The van der Waals surface area contributed by atoms with Crippen LogP contribution in [0.25, 0.3) is 0 Å². The van der Waals surface area contributed by atoms with Gasteiger partial charge in [0.2, 0.25) is 0 Å². The van der Waals surface area contributed by atoms with E-state index in [-0.39, 0.29) is 18.1 Å². The lowest BCUT2D eigenvalue weighted by atomic mass is 10.1. The van der Waals surface area contributed by atoms with Gasteiger partial charge in [-0.1, -0.05) is 13.8 Å². The molecule has 0 aliphatic rings. The standard InChI is InChI=1S/C15H18F3NO6S/c1-4-24-14(21)11-7-10(13(20)19-8-9(2)3)5-6-12(11)25-26(22,23)15(16,17)18/h5-7,9H,4,8H2,1-3H3,(H,19,20). The van der Waals surface area contributed by atoms with Crippen LogP contribution in [0.3, 0.4) is 0 Å². The van der Waals surface area contributed by atoms with Crippen molar-refractivity contribution in [2.24, 2.45) is 5.92 Å². The van der Waals surface area contributed by atoms with E-state index in [1.807, 2.05) is 13.8 Å². The van der Waals surface area contributed by atoms with Gasteiger partial charge in [0.05, 0.1) is 6.61 Å². The second kappa shape index (κ2) is 8.39. The molecule has 0 unspecified atom stereocenters. The Kier molecular flexibility index (Phi) is 7.01. The summed E-state index contributed by atoms with van der Waals surface area (Å²) in [6.07, 6.45) is 0. The van der Waals surface area contributed by atoms with Gasteiger partial charge in [0, 0.05) is 12.1 Å². The first-order valence-electron chi connectivity index (χ1n) is 7.49. The van der Waals surface area contributed by atoms with E-state index in [9.17, 15) is 31.2 Å². The zero-order valence-electron chi connectivity index (χ0n) is 14.2. The Hall–Kier alpha value is -2.30. The van der Waals surface area contributed by atoms with E-state index in [2.05, 4.69) is 14.2 Å². The summed E-state index contributed by atoms with van der Waals surface area (Å²) >= 11 is 0. The average Bonchev–Trinajstić information content (AvgIpc) is 2.51. The summed E-state index contributed by atoms with van der Waals surface area (Å²) in [5, 5.41) is 2.56. The Balaban J connectivity index is 3.27. The van der Waals surface area contributed by atoms with E-state index in [1.165, 1.54) is 6.92 Å². The van der Waals surface area contributed by atoms with Gasteiger partial charge in [0.15, 0.2) is 5.75 Å². The van der Waals surface area contributed by atoms with Crippen LogP contribution in [-0.2, 0) is 14.9 Å². The molecule has 0 atom stereocenters. The summed E-state index contributed by atoms with van der Waals surface area (Å²) in [6, 6.07) is 2.74. The van der Waals surface area contributed by atoms with Crippen LogP contribution < -0.4 is 9.50 Å². The lowest BCUT2D eigenvalue weighted by molar-refractivity contribution is -0.0500. The molecular formula is C15H18F3NO6S. The fourth-order valence-electron chi connectivity index (χ4n) is 1.68. The summed E-state index contributed by atoms with van der Waals surface area (Å²) in [5.74, 6) is -2.46. The van der Waals surface area contributed by atoms with Crippen molar-refractivity contribution in [1.29, 1.82) is 0 Å². The number of amides is 1. The highest BCUT2D eigenvalue weighted by Crippen LogP contribution is 2.30. The molecule has 0 spiro atoms. The number of halogens is 3. The molecule has 0 saturated carbocycles. The maximum atomic E-state index is 12.5. The monoisotopic (exact) mass is 397 g/mol. The van der Waals surface area contributed by atoms with E-state index >= 15 is 0 Å². The van der Waals surface area contributed by atoms with Crippen molar-refractivity contribution >= 4 is 22.0 Å². The van der Waals surface area contributed by atoms with Gasteiger partial charge in [-0.25, -0.2) is 4.79 Å². The molecule has 0 aliphatic carbocycles. The number of benzene rings is 1. The molecule has 0 fully saturated rings. The largest absolute Gasteiger partial charge is 0.534 e. The van der Waals surface area contributed by atoms with Gasteiger partial charge in [-0.3, -0.25) is 4.79 Å². The van der Waals surface area contributed by atoms with Crippen molar-refractivity contribution < 1.29 is 40.1 Å². The Bertz CT molecular complexity index is 774. The molecule has 26 heavy (non-hydrogen) atoms. The average molecular weight is 397 g/mol. The third-order valence-electron chi connectivity index (χ3n) is 2.89. The lowest BCUT2D eigenvalue weighted by Gasteiger charge is -2.14. The molecule has 1 rings (SSSR count). The smallest absolute Gasteiger partial charge is 0.462 e. The summed E-state index contributed by atoms with van der Waals surface area (Å²) in [7, 11) is -5.98. The SMILES string of the molecule is CCOC(=O)c1cc(C(=O)NCC(C)C)ccc1OS(=O)(=O)C(F)(F)F. The molecule has 11 heteroatoms.